The van der Waals surface area contributed by atoms with Gasteiger partial charge in [0.15, 0.2) is 5.82 Å². The Morgan fingerprint density at radius 1 is 1.29 bits per heavy atom. The van der Waals surface area contributed by atoms with Gasteiger partial charge in [0.05, 0.1) is 23.4 Å². The van der Waals surface area contributed by atoms with Crippen molar-refractivity contribution in [2.75, 3.05) is 25.5 Å². The Morgan fingerprint density at radius 3 is 2.74 bits per heavy atom. The molecular weight excluding hydrogens is 461 g/mol. The molecule has 2 atom stereocenters. The summed E-state index contributed by atoms with van der Waals surface area (Å²) in [5.41, 5.74) is 5.25. The van der Waals surface area contributed by atoms with Crippen LogP contribution in [0, 0.1) is 0 Å². The molecule has 1 amide bonds. The predicted molar refractivity (Wildman–Crippen MR) is 126 cm³/mol. The number of benzene rings is 1. The molecule has 2 aromatic heterocycles. The molecule has 0 saturated carbocycles. The van der Waals surface area contributed by atoms with Gasteiger partial charge >= 0.3 is 6.18 Å². The van der Waals surface area contributed by atoms with E-state index in [-0.39, 0.29) is 17.9 Å². The average molecular weight is 489 g/mol. The van der Waals surface area contributed by atoms with Crippen LogP contribution >= 0.6 is 0 Å². The summed E-state index contributed by atoms with van der Waals surface area (Å²) in [4.78, 5) is 30.4. The van der Waals surface area contributed by atoms with Gasteiger partial charge in [-0.25, -0.2) is 5.10 Å². The minimum absolute atomic E-state index is 0.170. The summed E-state index contributed by atoms with van der Waals surface area (Å²) in [6, 6.07) is 4.68. The third-order valence-corrected chi connectivity index (χ3v) is 6.31. The molecule has 8 nitrogen and oxygen atoms in total. The van der Waals surface area contributed by atoms with Crippen LogP contribution in [0.2, 0.25) is 0 Å². The molecule has 4 N–H and O–H groups in total. The molecule has 3 aromatic rings. The minimum Gasteiger partial charge on any atom is -0.369 e. The van der Waals surface area contributed by atoms with Crippen LogP contribution in [-0.4, -0.2) is 46.1 Å². The van der Waals surface area contributed by atoms with Crippen LogP contribution in [0.25, 0.3) is 10.8 Å². The molecule has 186 valence electrons. The van der Waals surface area contributed by atoms with Crippen molar-refractivity contribution in [3.8, 4) is 0 Å². The number of alkyl halides is 3. The number of primary amides is 1. The molecule has 0 radical (unpaired) electrons. The number of nitrogens with zero attached hydrogens (tertiary/aromatic N) is 3. The Morgan fingerprint density at radius 2 is 2.06 bits per heavy atom. The lowest BCUT2D eigenvalue weighted by Crippen LogP contribution is -2.31. The fourth-order valence-corrected chi connectivity index (χ4v) is 4.54. The van der Waals surface area contributed by atoms with Gasteiger partial charge in [-0.2, -0.15) is 18.3 Å². The molecule has 1 aliphatic heterocycles. The van der Waals surface area contributed by atoms with Crippen LogP contribution in [0.1, 0.15) is 54.1 Å². The van der Waals surface area contributed by atoms with Crippen LogP contribution in [-0.2, 0) is 17.4 Å². The normalized spacial score (nSPS) is 17.9. The number of nitrogens with one attached hydrogen (secondary N) is 2. The van der Waals surface area contributed by atoms with E-state index >= 15 is 0 Å². The molecule has 4 rings (SSSR count). The summed E-state index contributed by atoms with van der Waals surface area (Å²) >= 11 is 0. The average Bonchev–Trinajstić information content (AvgIpc) is 2.79. The van der Waals surface area contributed by atoms with E-state index in [1.54, 1.807) is 6.92 Å². The lowest BCUT2D eigenvalue weighted by atomic mass is 9.94. The topological polar surface area (TPSA) is 117 Å². The number of aromatic nitrogens is 3. The Bertz CT molecular complexity index is 1310. The number of halogens is 3. The van der Waals surface area contributed by atoms with E-state index in [1.807, 2.05) is 6.07 Å². The number of carbonyl (C=O) groups excluding carboxylic acids is 1. The fraction of sp³-hybridized carbons (Fsp3) is 0.417. The van der Waals surface area contributed by atoms with E-state index in [0.717, 1.165) is 43.8 Å². The maximum Gasteiger partial charge on any atom is 0.416 e. The van der Waals surface area contributed by atoms with Gasteiger partial charge in [0.1, 0.15) is 0 Å². The monoisotopic (exact) mass is 488 g/mol. The second-order valence-corrected chi connectivity index (χ2v) is 9.13. The van der Waals surface area contributed by atoms with E-state index in [4.69, 9.17) is 5.73 Å². The van der Waals surface area contributed by atoms with Gasteiger partial charge < -0.3 is 16.0 Å². The summed E-state index contributed by atoms with van der Waals surface area (Å²) in [5.74, 6) is -0.186. The number of likely N-dealkylation sites (tertiary alicyclic amines) is 1. The second kappa shape index (κ2) is 9.65. The van der Waals surface area contributed by atoms with Gasteiger partial charge in [0.2, 0.25) is 5.91 Å². The third-order valence-electron chi connectivity index (χ3n) is 6.31. The number of fused-ring (bicyclic) bond motifs is 1. The Kier molecular flexibility index (Phi) is 6.79. The van der Waals surface area contributed by atoms with E-state index < -0.39 is 29.2 Å². The SMILES string of the molecule is C[C@@H](Nc1n[nH]c(=O)c2cnc([C@H]3CCCN(C)C3)cc12)c1cc(CC(N)=O)cc(C(F)(F)F)c1. The molecule has 0 bridgehead atoms. The highest BCUT2D eigenvalue weighted by atomic mass is 19.4. The summed E-state index contributed by atoms with van der Waals surface area (Å²) < 4.78 is 40.4. The van der Waals surface area contributed by atoms with Crippen LogP contribution in [0.15, 0.2) is 35.3 Å². The van der Waals surface area contributed by atoms with Gasteiger partial charge in [-0.3, -0.25) is 14.6 Å². The van der Waals surface area contributed by atoms with Crippen LogP contribution in [0.3, 0.4) is 0 Å². The first-order valence-electron chi connectivity index (χ1n) is 11.3. The minimum atomic E-state index is -4.58. The van der Waals surface area contributed by atoms with Crippen LogP contribution < -0.4 is 16.6 Å². The lowest BCUT2D eigenvalue weighted by molar-refractivity contribution is -0.137. The first kappa shape index (κ1) is 24.6. The van der Waals surface area contributed by atoms with Crippen molar-refractivity contribution in [2.45, 2.75) is 44.3 Å². The number of piperidine rings is 1. The van der Waals surface area contributed by atoms with Gasteiger partial charge in [0, 0.05) is 29.7 Å². The van der Waals surface area contributed by atoms with E-state index in [1.165, 1.54) is 12.3 Å². The van der Waals surface area contributed by atoms with Crippen molar-refractivity contribution in [3.05, 3.63) is 63.2 Å². The van der Waals surface area contributed by atoms with Gasteiger partial charge in [-0.15, -0.1) is 0 Å². The second-order valence-electron chi connectivity index (χ2n) is 9.13. The molecule has 3 heterocycles. The first-order valence-corrected chi connectivity index (χ1v) is 11.3. The zero-order valence-corrected chi connectivity index (χ0v) is 19.4. The fourth-order valence-electron chi connectivity index (χ4n) is 4.54. The number of aromatic amines is 1. The number of pyridine rings is 1. The summed E-state index contributed by atoms with van der Waals surface area (Å²) in [5, 5.41) is 10.6. The largest absolute Gasteiger partial charge is 0.416 e. The molecule has 0 unspecified atom stereocenters. The Labute approximate surface area is 199 Å². The number of carbonyl (C=O) groups is 1. The predicted octanol–water partition coefficient (Wildman–Crippen LogP) is 3.35. The number of rotatable bonds is 6. The van der Waals surface area contributed by atoms with Crippen molar-refractivity contribution < 1.29 is 18.0 Å². The number of hydrogen-bond acceptors (Lipinski definition) is 6. The summed E-state index contributed by atoms with van der Waals surface area (Å²) in [6.07, 6.45) is -1.36. The van der Waals surface area contributed by atoms with Gasteiger partial charge in [-0.05, 0) is 62.7 Å². The van der Waals surface area contributed by atoms with Crippen LogP contribution in [0.4, 0.5) is 19.0 Å². The van der Waals surface area contributed by atoms with Crippen molar-refractivity contribution >= 4 is 22.5 Å². The summed E-state index contributed by atoms with van der Waals surface area (Å²) in [7, 11) is 2.05. The number of amides is 1. The maximum atomic E-state index is 13.5. The van der Waals surface area contributed by atoms with Gasteiger partial charge in [-0.1, -0.05) is 6.07 Å². The molecule has 35 heavy (non-hydrogen) atoms. The van der Waals surface area contributed by atoms with Crippen molar-refractivity contribution in [1.29, 1.82) is 0 Å². The van der Waals surface area contributed by atoms with E-state index in [2.05, 4.69) is 32.4 Å². The van der Waals surface area contributed by atoms with E-state index in [0.29, 0.717) is 22.2 Å². The zero-order chi connectivity index (χ0) is 25.3. The highest BCUT2D eigenvalue weighted by Crippen LogP contribution is 2.34. The van der Waals surface area contributed by atoms with Gasteiger partial charge in [0.25, 0.3) is 5.56 Å². The number of hydrogen-bond donors (Lipinski definition) is 3. The quantitative estimate of drug-likeness (QED) is 0.490. The van der Waals surface area contributed by atoms with Crippen LogP contribution in [0.5, 0.6) is 0 Å². The molecule has 1 saturated heterocycles. The number of likely N-dealkylation sites (N-methyl/N-ethyl adjacent to an activating group) is 1. The first-order chi connectivity index (χ1) is 16.5. The zero-order valence-electron chi connectivity index (χ0n) is 19.4. The third kappa shape index (κ3) is 5.61. The molecule has 11 heteroatoms. The highest BCUT2D eigenvalue weighted by molar-refractivity contribution is 5.90. The molecular formula is C24H27F3N6O2. The smallest absolute Gasteiger partial charge is 0.369 e. The highest BCUT2D eigenvalue weighted by Gasteiger charge is 2.32. The molecule has 1 aromatic carbocycles. The van der Waals surface area contributed by atoms with Crippen molar-refractivity contribution in [2.24, 2.45) is 5.73 Å². The lowest BCUT2D eigenvalue weighted by Gasteiger charge is -2.29. The Hall–Kier alpha value is -3.47. The number of H-pyrrole nitrogens is 1. The maximum absolute atomic E-state index is 13.5. The standard InChI is InChI=1S/C24H27F3N6O2/c1-13(16-6-14(8-21(28)34)7-17(9-16)24(25,26)27)30-22-18-10-20(15-4-3-5-33(2)12-15)29-11-19(18)23(35)32-31-22/h6-7,9-11,13,15H,3-5,8,12H2,1-2H3,(H2,28,34)(H,30,31)(H,32,35)/t13-,15+/m1/s1. The number of anilines is 1. The molecule has 1 fully saturated rings. The van der Waals surface area contributed by atoms with Crippen molar-refractivity contribution in [1.82, 2.24) is 20.1 Å². The molecule has 0 spiro atoms. The molecule has 0 aliphatic carbocycles. The molecule has 1 aliphatic rings. The Balaban J connectivity index is 1.71. The summed E-state index contributed by atoms with van der Waals surface area (Å²) in [6.45, 7) is 3.55. The van der Waals surface area contributed by atoms with Crippen molar-refractivity contribution in [3.63, 3.8) is 0 Å². The van der Waals surface area contributed by atoms with E-state index in [9.17, 15) is 22.8 Å². The number of nitrogens with two attached hydrogens (primary N) is 1.